The van der Waals surface area contributed by atoms with Crippen molar-refractivity contribution in [1.29, 1.82) is 0 Å². The third-order valence-corrected chi connectivity index (χ3v) is 5.60. The molecule has 27 heavy (non-hydrogen) atoms. The highest BCUT2D eigenvalue weighted by atomic mass is 16.5. The molecule has 0 bridgehead atoms. The van der Waals surface area contributed by atoms with E-state index in [0.717, 1.165) is 42.5 Å². The maximum atomic E-state index is 13.4. The fourth-order valence-electron chi connectivity index (χ4n) is 3.87. The van der Waals surface area contributed by atoms with E-state index >= 15 is 0 Å². The molecular formula is C21H29N3O3. The first-order chi connectivity index (χ1) is 13.0. The van der Waals surface area contributed by atoms with Gasteiger partial charge in [-0.15, -0.1) is 0 Å². The monoisotopic (exact) mass is 371 g/mol. The van der Waals surface area contributed by atoms with E-state index in [4.69, 9.17) is 9.26 Å². The third-order valence-electron chi connectivity index (χ3n) is 5.60. The van der Waals surface area contributed by atoms with Gasteiger partial charge >= 0.3 is 0 Å². The van der Waals surface area contributed by atoms with E-state index < -0.39 is 0 Å². The van der Waals surface area contributed by atoms with Crippen molar-refractivity contribution in [2.45, 2.75) is 64.9 Å². The number of ether oxygens (including phenoxy) is 1. The van der Waals surface area contributed by atoms with Crippen LogP contribution in [0.15, 0.2) is 10.6 Å². The highest BCUT2D eigenvalue weighted by molar-refractivity contribution is 6.06. The molecule has 1 amide bonds. The van der Waals surface area contributed by atoms with E-state index in [-0.39, 0.29) is 12.0 Å². The van der Waals surface area contributed by atoms with Crippen molar-refractivity contribution in [2.75, 3.05) is 19.7 Å². The highest BCUT2D eigenvalue weighted by Gasteiger charge is 2.31. The molecule has 1 aliphatic heterocycles. The van der Waals surface area contributed by atoms with Crippen LogP contribution in [-0.2, 0) is 4.74 Å². The predicted molar refractivity (Wildman–Crippen MR) is 103 cm³/mol. The molecule has 2 fully saturated rings. The Balaban J connectivity index is 1.54. The number of aryl methyl sites for hydroxylation is 1. The number of rotatable bonds is 6. The summed E-state index contributed by atoms with van der Waals surface area (Å²) in [5.41, 5.74) is 2.86. The van der Waals surface area contributed by atoms with E-state index in [1.807, 2.05) is 17.9 Å². The van der Waals surface area contributed by atoms with Crippen molar-refractivity contribution in [3.8, 4) is 0 Å². The lowest BCUT2D eigenvalue weighted by Crippen LogP contribution is -2.45. The maximum Gasteiger partial charge on any atom is 0.259 e. The van der Waals surface area contributed by atoms with Gasteiger partial charge < -0.3 is 14.2 Å². The van der Waals surface area contributed by atoms with Gasteiger partial charge in [-0.1, -0.05) is 31.8 Å². The molecule has 6 nitrogen and oxygen atoms in total. The van der Waals surface area contributed by atoms with Gasteiger partial charge in [-0.3, -0.25) is 4.79 Å². The average Bonchev–Trinajstić information content (AvgIpc) is 3.44. The van der Waals surface area contributed by atoms with E-state index in [0.29, 0.717) is 42.8 Å². The molecule has 2 aromatic heterocycles. The van der Waals surface area contributed by atoms with Gasteiger partial charge in [0.15, 0.2) is 0 Å². The van der Waals surface area contributed by atoms with Crippen molar-refractivity contribution in [1.82, 2.24) is 15.0 Å². The molecule has 0 radical (unpaired) electrons. The van der Waals surface area contributed by atoms with E-state index in [2.05, 4.69) is 24.0 Å². The molecule has 1 aliphatic carbocycles. The number of carbonyl (C=O) groups excluding carboxylic acids is 1. The lowest BCUT2D eigenvalue weighted by Gasteiger charge is -2.33. The first-order valence-corrected chi connectivity index (χ1v) is 10.2. The van der Waals surface area contributed by atoms with Crippen LogP contribution < -0.4 is 0 Å². The van der Waals surface area contributed by atoms with E-state index in [9.17, 15) is 4.79 Å². The lowest BCUT2D eigenvalue weighted by atomic mass is 10.0. The minimum atomic E-state index is 0.0489. The van der Waals surface area contributed by atoms with Crippen LogP contribution in [0.2, 0.25) is 0 Å². The Bertz CT molecular complexity index is 825. The Kier molecular flexibility index (Phi) is 5.17. The summed E-state index contributed by atoms with van der Waals surface area (Å²) in [5.74, 6) is 1.21. The summed E-state index contributed by atoms with van der Waals surface area (Å²) in [6.07, 6.45) is 5.74. The molecule has 4 rings (SSSR count). The van der Waals surface area contributed by atoms with Crippen molar-refractivity contribution < 1.29 is 14.1 Å². The fraction of sp³-hybridized carbons (Fsp3) is 0.667. The van der Waals surface area contributed by atoms with Crippen molar-refractivity contribution in [3.63, 3.8) is 0 Å². The molecule has 6 heteroatoms. The Hall–Kier alpha value is -1.95. The standard InChI is InChI=1S/C21H29N3O3/c1-13(2)5-4-6-16-12-24(9-10-26-16)21(25)17-11-18(15-7-8-15)22-20-19(17)14(3)23-27-20/h11,13,15-16H,4-10,12H2,1-3H3/t16-/m0/s1. The number of amides is 1. The summed E-state index contributed by atoms with van der Waals surface area (Å²) in [5, 5.41) is 4.80. The quantitative estimate of drug-likeness (QED) is 0.765. The maximum absolute atomic E-state index is 13.4. The molecule has 0 N–H and O–H groups in total. The van der Waals surface area contributed by atoms with Crippen LogP contribution in [0.5, 0.6) is 0 Å². The SMILES string of the molecule is Cc1noc2nc(C3CC3)cc(C(=O)N3CCO[C@@H](CCCC(C)C)C3)c12. The molecule has 0 aromatic carbocycles. The molecule has 3 heterocycles. The fourth-order valence-corrected chi connectivity index (χ4v) is 3.87. The number of hydrogen-bond donors (Lipinski definition) is 0. The minimum Gasteiger partial charge on any atom is -0.375 e. The zero-order valence-corrected chi connectivity index (χ0v) is 16.5. The lowest BCUT2D eigenvalue weighted by molar-refractivity contribution is -0.0259. The Labute approximate surface area is 160 Å². The van der Waals surface area contributed by atoms with Gasteiger partial charge in [0.1, 0.15) is 0 Å². The van der Waals surface area contributed by atoms with Gasteiger partial charge in [-0.2, -0.15) is 0 Å². The summed E-state index contributed by atoms with van der Waals surface area (Å²) >= 11 is 0. The van der Waals surface area contributed by atoms with Crippen LogP contribution in [0.1, 0.15) is 73.6 Å². The zero-order valence-electron chi connectivity index (χ0n) is 16.5. The molecule has 2 aromatic rings. The third kappa shape index (κ3) is 4.00. The summed E-state index contributed by atoms with van der Waals surface area (Å²) < 4.78 is 11.3. The number of pyridine rings is 1. The van der Waals surface area contributed by atoms with Crippen LogP contribution in [-0.4, -0.2) is 46.7 Å². The molecule has 2 aliphatic rings. The second kappa shape index (κ2) is 7.58. The second-order valence-electron chi connectivity index (χ2n) is 8.39. The van der Waals surface area contributed by atoms with Gasteiger partial charge in [-0.25, -0.2) is 4.98 Å². The molecule has 146 valence electrons. The molecule has 1 saturated heterocycles. The Morgan fingerprint density at radius 1 is 1.37 bits per heavy atom. The Morgan fingerprint density at radius 3 is 2.93 bits per heavy atom. The first kappa shape index (κ1) is 18.4. The molecule has 0 spiro atoms. The number of fused-ring (bicyclic) bond motifs is 1. The van der Waals surface area contributed by atoms with Crippen molar-refractivity contribution in [3.05, 3.63) is 23.0 Å². The van der Waals surface area contributed by atoms with Crippen LogP contribution >= 0.6 is 0 Å². The zero-order chi connectivity index (χ0) is 19.0. The van der Waals surface area contributed by atoms with Crippen LogP contribution in [0, 0.1) is 12.8 Å². The molecule has 1 atom stereocenters. The van der Waals surface area contributed by atoms with E-state index in [1.54, 1.807) is 0 Å². The van der Waals surface area contributed by atoms with Crippen LogP contribution in [0.25, 0.3) is 11.1 Å². The minimum absolute atomic E-state index is 0.0489. The number of aromatic nitrogens is 2. The smallest absolute Gasteiger partial charge is 0.259 e. The average molecular weight is 371 g/mol. The number of carbonyl (C=O) groups is 1. The van der Waals surface area contributed by atoms with Crippen LogP contribution in [0.3, 0.4) is 0 Å². The predicted octanol–water partition coefficient (Wildman–Crippen LogP) is 4.08. The number of hydrogen-bond acceptors (Lipinski definition) is 5. The van der Waals surface area contributed by atoms with Crippen molar-refractivity contribution >= 4 is 17.0 Å². The molecular weight excluding hydrogens is 342 g/mol. The number of morpholine rings is 1. The summed E-state index contributed by atoms with van der Waals surface area (Å²) in [6.45, 7) is 8.24. The second-order valence-corrected chi connectivity index (χ2v) is 8.39. The van der Waals surface area contributed by atoms with Crippen molar-refractivity contribution in [2.24, 2.45) is 5.92 Å². The van der Waals surface area contributed by atoms with Gasteiger partial charge in [0.25, 0.3) is 11.6 Å². The van der Waals surface area contributed by atoms with E-state index in [1.165, 1.54) is 6.42 Å². The van der Waals surface area contributed by atoms with Gasteiger partial charge in [0, 0.05) is 24.7 Å². The normalized spacial score (nSPS) is 20.6. The largest absolute Gasteiger partial charge is 0.375 e. The Morgan fingerprint density at radius 2 is 2.19 bits per heavy atom. The van der Waals surface area contributed by atoms with Gasteiger partial charge in [0.05, 0.1) is 29.4 Å². The first-order valence-electron chi connectivity index (χ1n) is 10.2. The summed E-state index contributed by atoms with van der Waals surface area (Å²) in [6, 6.07) is 1.97. The number of nitrogens with zero attached hydrogens (tertiary/aromatic N) is 3. The summed E-state index contributed by atoms with van der Waals surface area (Å²) in [7, 11) is 0. The van der Waals surface area contributed by atoms with Crippen LogP contribution in [0.4, 0.5) is 0 Å². The highest BCUT2D eigenvalue weighted by Crippen LogP contribution is 2.40. The molecule has 0 unspecified atom stereocenters. The summed E-state index contributed by atoms with van der Waals surface area (Å²) in [4.78, 5) is 19.9. The van der Waals surface area contributed by atoms with Gasteiger partial charge in [-0.05, 0) is 38.2 Å². The van der Waals surface area contributed by atoms with Gasteiger partial charge in [0.2, 0.25) is 0 Å². The topological polar surface area (TPSA) is 68.5 Å². The molecule has 1 saturated carbocycles.